The van der Waals surface area contributed by atoms with Gasteiger partial charge in [0.25, 0.3) is 0 Å². The first-order valence-corrected chi connectivity index (χ1v) is 2.40. The molecule has 1 nitrogen and oxygen atoms in total. The molecule has 0 spiro atoms. The molecule has 0 atom stereocenters. The van der Waals surface area contributed by atoms with Gasteiger partial charge in [0.15, 0.2) is 0 Å². The topological polar surface area (TPSA) is 19.9 Å². The maximum absolute atomic E-state index is 9.62. The number of rotatable bonds is 3. The van der Waals surface area contributed by atoms with Crippen LogP contribution in [0.1, 0.15) is 12.8 Å². The SMILES string of the molecule is [O]CCCC=S. The molecule has 0 unspecified atom stereocenters. The second-order valence-corrected chi connectivity index (χ2v) is 1.35. The van der Waals surface area contributed by atoms with Crippen LogP contribution in [0.25, 0.3) is 0 Å². The summed E-state index contributed by atoms with van der Waals surface area (Å²) >= 11 is 4.45. The third kappa shape index (κ3) is 4.05. The number of hydrogen-bond donors (Lipinski definition) is 0. The van der Waals surface area contributed by atoms with Crippen molar-refractivity contribution in [2.75, 3.05) is 6.61 Å². The van der Waals surface area contributed by atoms with Crippen molar-refractivity contribution in [2.45, 2.75) is 12.8 Å². The molecule has 0 aromatic heterocycles. The average Bonchev–Trinajstić information content (AvgIpc) is 1.61. The summed E-state index contributed by atoms with van der Waals surface area (Å²) < 4.78 is 0. The van der Waals surface area contributed by atoms with Gasteiger partial charge >= 0.3 is 0 Å². The summed E-state index contributed by atoms with van der Waals surface area (Å²) in [4.78, 5) is 0. The van der Waals surface area contributed by atoms with Gasteiger partial charge in [-0.25, -0.2) is 5.11 Å². The summed E-state index contributed by atoms with van der Waals surface area (Å²) in [5.41, 5.74) is 0. The van der Waals surface area contributed by atoms with E-state index in [1.807, 2.05) is 0 Å². The molecule has 0 saturated heterocycles. The Hall–Kier alpha value is 0.0500. The molecule has 0 aliphatic rings. The van der Waals surface area contributed by atoms with E-state index in [1.165, 1.54) is 0 Å². The second kappa shape index (κ2) is 5.05. The van der Waals surface area contributed by atoms with Gasteiger partial charge in [-0.2, -0.15) is 0 Å². The summed E-state index contributed by atoms with van der Waals surface area (Å²) in [6.07, 6.45) is 1.49. The van der Waals surface area contributed by atoms with Crippen LogP contribution in [0.3, 0.4) is 0 Å². The fourth-order valence-electron chi connectivity index (χ4n) is 0.167. The third-order valence-electron chi connectivity index (χ3n) is 0.466. The fraction of sp³-hybridized carbons (Fsp3) is 0.750. The Bertz CT molecular complexity index is 36.5. The summed E-state index contributed by atoms with van der Waals surface area (Å²) in [7, 11) is 0. The third-order valence-corrected chi connectivity index (χ3v) is 0.702. The van der Waals surface area contributed by atoms with Gasteiger partial charge in [0.2, 0.25) is 0 Å². The Morgan fingerprint density at radius 2 is 2.33 bits per heavy atom. The number of hydrogen-bond acceptors (Lipinski definition) is 1. The highest BCUT2D eigenvalue weighted by atomic mass is 32.1. The first kappa shape index (κ1) is 6.05. The van der Waals surface area contributed by atoms with E-state index in [2.05, 4.69) is 12.2 Å². The lowest BCUT2D eigenvalue weighted by molar-refractivity contribution is 0.191. The van der Waals surface area contributed by atoms with Crippen LogP contribution >= 0.6 is 12.2 Å². The van der Waals surface area contributed by atoms with Crippen LogP contribution in [0, 0.1) is 0 Å². The summed E-state index contributed by atoms with van der Waals surface area (Å²) in [5.74, 6) is 0. The highest BCUT2D eigenvalue weighted by molar-refractivity contribution is 7.78. The molecule has 0 amide bonds. The first-order chi connectivity index (χ1) is 2.91. The van der Waals surface area contributed by atoms with Crippen LogP contribution in [-0.2, 0) is 5.11 Å². The standard InChI is InChI=1S/C4H7OS/c5-3-1-2-4-6/h4H,1-3H2. The van der Waals surface area contributed by atoms with Crippen LogP contribution in [0.4, 0.5) is 0 Å². The van der Waals surface area contributed by atoms with E-state index < -0.39 is 0 Å². The largest absolute Gasteiger partial charge is 0.237 e. The molecule has 6 heavy (non-hydrogen) atoms. The molecule has 2 heteroatoms. The molecule has 0 aliphatic heterocycles. The van der Waals surface area contributed by atoms with E-state index in [9.17, 15) is 5.11 Å². The molecule has 0 bridgehead atoms. The zero-order valence-corrected chi connectivity index (χ0v) is 4.33. The Morgan fingerprint density at radius 3 is 2.50 bits per heavy atom. The van der Waals surface area contributed by atoms with E-state index in [0.29, 0.717) is 6.42 Å². The summed E-state index contributed by atoms with van der Waals surface area (Å²) in [5, 5.41) is 11.2. The van der Waals surface area contributed by atoms with Crippen LogP contribution in [0.5, 0.6) is 0 Å². The lowest BCUT2D eigenvalue weighted by Crippen LogP contribution is -1.77. The van der Waals surface area contributed by atoms with Gasteiger partial charge in [0.05, 0.1) is 6.61 Å². The highest BCUT2D eigenvalue weighted by Gasteiger charge is 1.75. The van der Waals surface area contributed by atoms with Crippen molar-refractivity contribution in [1.29, 1.82) is 0 Å². The maximum atomic E-state index is 9.62. The zero-order valence-electron chi connectivity index (χ0n) is 3.52. The Balaban J connectivity index is 2.49. The molecule has 1 radical (unpaired) electrons. The van der Waals surface area contributed by atoms with Gasteiger partial charge < -0.3 is 0 Å². The monoisotopic (exact) mass is 103 g/mol. The molecule has 0 rings (SSSR count). The maximum Gasteiger partial charge on any atom is 0.0825 e. The van der Waals surface area contributed by atoms with Crippen molar-refractivity contribution in [1.82, 2.24) is 0 Å². The molecule has 0 aliphatic carbocycles. The van der Waals surface area contributed by atoms with E-state index in [1.54, 1.807) is 5.37 Å². The number of unbranched alkanes of at least 4 members (excludes halogenated alkanes) is 1. The molecule has 0 heterocycles. The molecule has 35 valence electrons. The van der Waals surface area contributed by atoms with Crippen molar-refractivity contribution in [3.63, 3.8) is 0 Å². The van der Waals surface area contributed by atoms with Crippen LogP contribution in [-0.4, -0.2) is 12.0 Å². The van der Waals surface area contributed by atoms with Crippen LogP contribution in [0.2, 0.25) is 0 Å². The van der Waals surface area contributed by atoms with Crippen molar-refractivity contribution in [3.05, 3.63) is 0 Å². The summed E-state index contributed by atoms with van der Waals surface area (Å²) in [6.45, 7) is 0.00708. The minimum atomic E-state index is 0.00708. The van der Waals surface area contributed by atoms with Gasteiger partial charge in [0, 0.05) is 0 Å². The molecule has 0 saturated carbocycles. The average molecular weight is 103 g/mol. The van der Waals surface area contributed by atoms with E-state index in [0.717, 1.165) is 6.42 Å². The molecular weight excluding hydrogens is 96.1 g/mol. The molecular formula is C4H7OS. The Morgan fingerprint density at radius 1 is 1.67 bits per heavy atom. The first-order valence-electron chi connectivity index (χ1n) is 1.93. The Labute approximate surface area is 43.0 Å². The normalized spacial score (nSPS) is 8.17. The minimum Gasteiger partial charge on any atom is -0.237 e. The van der Waals surface area contributed by atoms with E-state index in [-0.39, 0.29) is 6.61 Å². The highest BCUT2D eigenvalue weighted by Crippen LogP contribution is 1.79. The molecule has 0 aromatic carbocycles. The lowest BCUT2D eigenvalue weighted by atomic mass is 10.4. The molecule has 0 fully saturated rings. The smallest absolute Gasteiger partial charge is 0.0825 e. The van der Waals surface area contributed by atoms with E-state index in [4.69, 9.17) is 0 Å². The van der Waals surface area contributed by atoms with Crippen molar-refractivity contribution in [3.8, 4) is 0 Å². The van der Waals surface area contributed by atoms with E-state index >= 15 is 0 Å². The summed E-state index contributed by atoms with van der Waals surface area (Å²) in [6, 6.07) is 0. The predicted octanol–water partition coefficient (Wildman–Crippen LogP) is 1.20. The minimum absolute atomic E-state index is 0.00708. The lowest BCUT2D eigenvalue weighted by Gasteiger charge is -1.78. The van der Waals surface area contributed by atoms with Gasteiger partial charge in [-0.3, -0.25) is 0 Å². The number of thiocarbonyl (C=S) groups is 1. The quantitative estimate of drug-likeness (QED) is 0.388. The second-order valence-electron chi connectivity index (χ2n) is 1.01. The Kier molecular flexibility index (Phi) is 5.09. The van der Waals surface area contributed by atoms with Gasteiger partial charge in [-0.05, 0) is 18.2 Å². The van der Waals surface area contributed by atoms with Crippen molar-refractivity contribution < 1.29 is 5.11 Å². The molecule has 0 N–H and O–H groups in total. The fourth-order valence-corrected chi connectivity index (χ4v) is 0.333. The van der Waals surface area contributed by atoms with Crippen molar-refractivity contribution in [2.24, 2.45) is 0 Å². The molecule has 0 aromatic rings. The zero-order chi connectivity index (χ0) is 4.83. The van der Waals surface area contributed by atoms with Crippen molar-refractivity contribution >= 4 is 17.6 Å². The van der Waals surface area contributed by atoms with Gasteiger partial charge in [-0.1, -0.05) is 12.2 Å². The van der Waals surface area contributed by atoms with Crippen LogP contribution < -0.4 is 0 Å². The van der Waals surface area contributed by atoms with Gasteiger partial charge in [0.1, 0.15) is 0 Å². The predicted molar refractivity (Wildman–Crippen MR) is 28.4 cm³/mol. The van der Waals surface area contributed by atoms with Crippen LogP contribution in [0.15, 0.2) is 0 Å². The van der Waals surface area contributed by atoms with Gasteiger partial charge in [-0.15, -0.1) is 0 Å².